The first-order valence-electron chi connectivity index (χ1n) is 6.18. The molecule has 102 valence electrons. The number of rotatable bonds is 3. The molecule has 0 aliphatic carbocycles. The minimum absolute atomic E-state index is 0.367. The van der Waals surface area contributed by atoms with Gasteiger partial charge in [-0.2, -0.15) is 0 Å². The van der Waals surface area contributed by atoms with Crippen molar-refractivity contribution in [3.05, 3.63) is 24.5 Å². The van der Waals surface area contributed by atoms with Crippen LogP contribution in [0, 0.1) is 0 Å². The Morgan fingerprint density at radius 3 is 2.68 bits per heavy atom. The molecule has 6 heteroatoms. The van der Waals surface area contributed by atoms with Gasteiger partial charge in [0.15, 0.2) is 0 Å². The number of nitrogens with zero attached hydrogens (tertiary/aromatic N) is 2. The Bertz CT molecular complexity index is 548. The number of H-pyrrole nitrogens is 1. The summed E-state index contributed by atoms with van der Waals surface area (Å²) in [6, 6.07) is 6.41. The summed E-state index contributed by atoms with van der Waals surface area (Å²) in [5.41, 5.74) is 3.33. The van der Waals surface area contributed by atoms with E-state index in [0.29, 0.717) is 10.7 Å². The van der Waals surface area contributed by atoms with E-state index in [4.69, 9.17) is 4.74 Å². The molecule has 3 rings (SSSR count). The number of ether oxygens (including phenoxy) is 1. The highest BCUT2D eigenvalue weighted by atomic mass is 32.2. The van der Waals surface area contributed by atoms with E-state index in [2.05, 4.69) is 45.6 Å². The molecule has 0 saturated carbocycles. The lowest BCUT2D eigenvalue weighted by molar-refractivity contribution is 0.107. The predicted molar refractivity (Wildman–Crippen MR) is 84.0 cm³/mol. The standard InChI is InChI=1S/C13H17N3OS2/c1-18-12-6-17-7-13(19-2)16(12)9-3-4-10-11(5-9)15-8-14-10/h3-5,8,12-13H,6-7H2,1-2H3,(H,14,15). The number of benzene rings is 1. The van der Waals surface area contributed by atoms with E-state index in [-0.39, 0.29) is 0 Å². The average molecular weight is 295 g/mol. The maximum Gasteiger partial charge on any atom is 0.0993 e. The Morgan fingerprint density at radius 2 is 2.00 bits per heavy atom. The number of morpholine rings is 1. The van der Waals surface area contributed by atoms with Crippen LogP contribution < -0.4 is 4.90 Å². The van der Waals surface area contributed by atoms with Crippen molar-refractivity contribution in [3.63, 3.8) is 0 Å². The van der Waals surface area contributed by atoms with E-state index < -0.39 is 0 Å². The van der Waals surface area contributed by atoms with Gasteiger partial charge >= 0.3 is 0 Å². The monoisotopic (exact) mass is 295 g/mol. The van der Waals surface area contributed by atoms with E-state index in [1.165, 1.54) is 5.69 Å². The molecule has 2 heterocycles. The molecule has 1 aliphatic heterocycles. The molecular formula is C13H17N3OS2. The molecule has 1 saturated heterocycles. The number of nitrogens with one attached hydrogen (secondary N) is 1. The Balaban J connectivity index is 1.99. The number of anilines is 1. The van der Waals surface area contributed by atoms with Crippen LogP contribution in [0.25, 0.3) is 11.0 Å². The lowest BCUT2D eigenvalue weighted by Crippen LogP contribution is -2.49. The maximum absolute atomic E-state index is 5.70. The highest BCUT2D eigenvalue weighted by Crippen LogP contribution is 2.33. The van der Waals surface area contributed by atoms with Crippen molar-refractivity contribution < 1.29 is 4.74 Å². The SMILES string of the molecule is CSC1COCC(SC)N1c1ccc2nc[nH]c2c1. The van der Waals surface area contributed by atoms with Crippen LogP contribution in [0.15, 0.2) is 24.5 Å². The fraction of sp³-hybridized carbons (Fsp3) is 0.462. The summed E-state index contributed by atoms with van der Waals surface area (Å²) in [6.07, 6.45) is 6.02. The quantitative estimate of drug-likeness (QED) is 0.943. The number of imidazole rings is 1. The van der Waals surface area contributed by atoms with Crippen LogP contribution in [0.4, 0.5) is 5.69 Å². The summed E-state index contributed by atoms with van der Waals surface area (Å²) in [4.78, 5) is 9.91. The van der Waals surface area contributed by atoms with Gasteiger partial charge in [-0.3, -0.25) is 0 Å². The molecule has 1 aromatic heterocycles. The second-order valence-corrected chi connectivity index (χ2v) is 6.46. The predicted octanol–water partition coefficient (Wildman–Crippen LogP) is 2.78. The van der Waals surface area contributed by atoms with E-state index in [9.17, 15) is 0 Å². The molecule has 0 spiro atoms. The summed E-state index contributed by atoms with van der Waals surface area (Å²) < 4.78 is 5.70. The number of hydrogen-bond donors (Lipinski definition) is 1. The summed E-state index contributed by atoms with van der Waals surface area (Å²) in [5, 5.41) is 0.734. The second-order valence-electron chi connectivity index (χ2n) is 4.43. The first kappa shape index (κ1) is 13.1. The van der Waals surface area contributed by atoms with Crippen molar-refractivity contribution in [2.45, 2.75) is 10.7 Å². The number of aromatic nitrogens is 2. The van der Waals surface area contributed by atoms with Crippen LogP contribution in [-0.4, -0.2) is 46.4 Å². The van der Waals surface area contributed by atoms with Crippen LogP contribution >= 0.6 is 23.5 Å². The average Bonchev–Trinajstić information content (AvgIpc) is 2.93. The molecule has 1 aliphatic rings. The minimum Gasteiger partial charge on any atom is -0.375 e. The van der Waals surface area contributed by atoms with Gasteiger partial charge in [0.2, 0.25) is 0 Å². The largest absolute Gasteiger partial charge is 0.375 e. The molecule has 2 aromatic rings. The van der Waals surface area contributed by atoms with Gasteiger partial charge in [0.1, 0.15) is 0 Å². The third-order valence-electron chi connectivity index (χ3n) is 3.39. The summed E-state index contributed by atoms with van der Waals surface area (Å²) in [5.74, 6) is 0. The molecule has 0 bridgehead atoms. The van der Waals surface area contributed by atoms with Crippen molar-refractivity contribution in [2.24, 2.45) is 0 Å². The van der Waals surface area contributed by atoms with Crippen LogP contribution in [0.2, 0.25) is 0 Å². The van der Waals surface area contributed by atoms with Crippen LogP contribution in [-0.2, 0) is 4.74 Å². The minimum atomic E-state index is 0.367. The highest BCUT2D eigenvalue weighted by molar-refractivity contribution is 8.00. The van der Waals surface area contributed by atoms with Gasteiger partial charge in [0.05, 0.1) is 41.3 Å². The van der Waals surface area contributed by atoms with E-state index in [1.54, 1.807) is 6.33 Å². The zero-order valence-electron chi connectivity index (χ0n) is 11.0. The van der Waals surface area contributed by atoms with Crippen molar-refractivity contribution in [3.8, 4) is 0 Å². The molecule has 1 fully saturated rings. The molecule has 2 unspecified atom stereocenters. The van der Waals surface area contributed by atoms with Gasteiger partial charge in [0, 0.05) is 5.69 Å². The number of aromatic amines is 1. The topological polar surface area (TPSA) is 41.1 Å². The van der Waals surface area contributed by atoms with Gasteiger partial charge in [-0.1, -0.05) is 0 Å². The molecule has 0 radical (unpaired) electrons. The van der Waals surface area contributed by atoms with Crippen molar-refractivity contribution >= 4 is 40.2 Å². The Kier molecular flexibility index (Phi) is 3.91. The fourth-order valence-corrected chi connectivity index (χ4v) is 3.93. The molecular weight excluding hydrogens is 278 g/mol. The number of fused-ring (bicyclic) bond motifs is 1. The van der Waals surface area contributed by atoms with Crippen molar-refractivity contribution in [1.82, 2.24) is 9.97 Å². The molecule has 19 heavy (non-hydrogen) atoms. The summed E-state index contributed by atoms with van der Waals surface area (Å²) >= 11 is 3.67. The van der Waals surface area contributed by atoms with Crippen LogP contribution in [0.1, 0.15) is 0 Å². The fourth-order valence-electron chi connectivity index (χ4n) is 2.40. The van der Waals surface area contributed by atoms with Gasteiger partial charge < -0.3 is 14.6 Å². The zero-order valence-corrected chi connectivity index (χ0v) is 12.6. The highest BCUT2D eigenvalue weighted by Gasteiger charge is 2.30. The molecule has 1 aromatic carbocycles. The van der Waals surface area contributed by atoms with Crippen molar-refractivity contribution in [2.75, 3.05) is 30.6 Å². The number of thioether (sulfide) groups is 2. The van der Waals surface area contributed by atoms with E-state index >= 15 is 0 Å². The van der Waals surface area contributed by atoms with Gasteiger partial charge in [0.25, 0.3) is 0 Å². The lowest BCUT2D eigenvalue weighted by atomic mass is 10.2. The maximum atomic E-state index is 5.70. The molecule has 1 N–H and O–H groups in total. The van der Waals surface area contributed by atoms with Gasteiger partial charge in [-0.05, 0) is 30.7 Å². The lowest BCUT2D eigenvalue weighted by Gasteiger charge is -2.42. The first-order valence-corrected chi connectivity index (χ1v) is 8.76. The smallest absolute Gasteiger partial charge is 0.0993 e. The van der Waals surface area contributed by atoms with Gasteiger partial charge in [-0.25, -0.2) is 4.98 Å². The Morgan fingerprint density at radius 1 is 1.26 bits per heavy atom. The van der Waals surface area contributed by atoms with Crippen LogP contribution in [0.5, 0.6) is 0 Å². The normalized spacial score (nSPS) is 24.0. The first-order chi connectivity index (χ1) is 9.33. The zero-order chi connectivity index (χ0) is 13.2. The molecule has 4 nitrogen and oxygen atoms in total. The van der Waals surface area contributed by atoms with E-state index in [0.717, 1.165) is 24.2 Å². The van der Waals surface area contributed by atoms with Crippen molar-refractivity contribution in [1.29, 1.82) is 0 Å². The van der Waals surface area contributed by atoms with Gasteiger partial charge in [-0.15, -0.1) is 23.5 Å². The Labute approximate surface area is 121 Å². The molecule has 2 atom stereocenters. The Hall–Kier alpha value is -0.850. The summed E-state index contributed by atoms with van der Waals surface area (Å²) in [6.45, 7) is 1.55. The molecule has 0 amide bonds. The third kappa shape index (κ3) is 2.44. The third-order valence-corrected chi connectivity index (χ3v) is 5.20. The second kappa shape index (κ2) is 5.64. The number of hydrogen-bond acceptors (Lipinski definition) is 5. The van der Waals surface area contributed by atoms with Crippen LogP contribution in [0.3, 0.4) is 0 Å². The van der Waals surface area contributed by atoms with E-state index in [1.807, 2.05) is 23.5 Å². The summed E-state index contributed by atoms with van der Waals surface area (Å²) in [7, 11) is 0.